The van der Waals surface area contributed by atoms with Crippen LogP contribution in [0.2, 0.25) is 0 Å². The van der Waals surface area contributed by atoms with Gasteiger partial charge in [0, 0.05) is 18.7 Å². The Kier molecular flexibility index (Phi) is 8.20. The molecule has 0 spiro atoms. The van der Waals surface area contributed by atoms with Gasteiger partial charge in [-0.15, -0.1) is 10.2 Å². The van der Waals surface area contributed by atoms with Crippen molar-refractivity contribution >= 4 is 23.7 Å². The maximum atomic E-state index is 12.1. The molecule has 1 aromatic heterocycles. The van der Waals surface area contributed by atoms with E-state index in [1.54, 1.807) is 21.3 Å². The summed E-state index contributed by atoms with van der Waals surface area (Å²) in [5.41, 5.74) is 0.777. The van der Waals surface area contributed by atoms with Gasteiger partial charge in [-0.25, -0.2) is 4.79 Å². The minimum Gasteiger partial charge on any atom is -0.493 e. The second-order valence-corrected chi connectivity index (χ2v) is 8.24. The van der Waals surface area contributed by atoms with Crippen LogP contribution >= 0.6 is 11.8 Å². The van der Waals surface area contributed by atoms with E-state index in [0.717, 1.165) is 31.2 Å². The smallest absolute Gasteiger partial charge is 0.321 e. The Hall–Kier alpha value is -2.95. The maximum Gasteiger partial charge on any atom is 0.321 e. The maximum absolute atomic E-state index is 12.1. The van der Waals surface area contributed by atoms with Gasteiger partial charge in [0.25, 0.3) is 0 Å². The second-order valence-electron chi connectivity index (χ2n) is 7.30. The molecule has 2 aromatic rings. The quantitative estimate of drug-likeness (QED) is 0.574. The number of nitrogens with one attached hydrogen (secondary N) is 2. The Balaban J connectivity index is 1.97. The zero-order chi connectivity index (χ0) is 23.1. The molecule has 1 fully saturated rings. The van der Waals surface area contributed by atoms with Gasteiger partial charge in [-0.2, -0.15) is 0 Å². The highest BCUT2D eigenvalue weighted by Gasteiger charge is 2.26. The lowest BCUT2D eigenvalue weighted by Crippen LogP contribution is -2.38. The van der Waals surface area contributed by atoms with Gasteiger partial charge in [-0.05, 0) is 25.0 Å². The Morgan fingerprint density at radius 3 is 2.28 bits per heavy atom. The van der Waals surface area contributed by atoms with Crippen LogP contribution in [-0.4, -0.2) is 60.8 Å². The number of urea groups is 1. The SMILES string of the molecule is CNC(=O)NC(=O)CSc1nnc(-c2cc(OC)c(OC)c(OC)c2)n1C1CCCCC1. The molecule has 174 valence electrons. The molecule has 2 N–H and O–H groups in total. The van der Waals surface area contributed by atoms with Crippen LogP contribution in [-0.2, 0) is 4.79 Å². The number of carbonyl (C=O) groups is 2. The van der Waals surface area contributed by atoms with E-state index in [1.807, 2.05) is 12.1 Å². The molecule has 0 radical (unpaired) electrons. The van der Waals surface area contributed by atoms with Crippen LogP contribution in [0.4, 0.5) is 4.79 Å². The van der Waals surface area contributed by atoms with Crippen LogP contribution in [0.1, 0.15) is 38.1 Å². The highest BCUT2D eigenvalue weighted by Crippen LogP contribution is 2.42. The lowest BCUT2D eigenvalue weighted by atomic mass is 9.95. The highest BCUT2D eigenvalue weighted by molar-refractivity contribution is 7.99. The van der Waals surface area contributed by atoms with E-state index in [2.05, 4.69) is 25.4 Å². The lowest BCUT2D eigenvalue weighted by molar-refractivity contribution is -0.117. The fourth-order valence-corrected chi connectivity index (χ4v) is 4.61. The molecular weight excluding hydrogens is 434 g/mol. The van der Waals surface area contributed by atoms with Crippen molar-refractivity contribution in [2.75, 3.05) is 34.1 Å². The number of ether oxygens (including phenoxy) is 3. The highest BCUT2D eigenvalue weighted by atomic mass is 32.2. The Morgan fingerprint density at radius 1 is 1.06 bits per heavy atom. The molecule has 1 heterocycles. The first kappa shape index (κ1) is 23.7. The monoisotopic (exact) mass is 463 g/mol. The van der Waals surface area contributed by atoms with Gasteiger partial charge in [0.15, 0.2) is 22.5 Å². The first-order valence-corrected chi connectivity index (χ1v) is 11.4. The van der Waals surface area contributed by atoms with Crippen molar-refractivity contribution in [3.63, 3.8) is 0 Å². The van der Waals surface area contributed by atoms with E-state index >= 15 is 0 Å². The van der Waals surface area contributed by atoms with Crippen LogP contribution in [0.3, 0.4) is 0 Å². The lowest BCUT2D eigenvalue weighted by Gasteiger charge is -2.26. The Morgan fingerprint density at radius 2 is 1.72 bits per heavy atom. The van der Waals surface area contributed by atoms with Crippen LogP contribution in [0, 0.1) is 0 Å². The van der Waals surface area contributed by atoms with E-state index in [4.69, 9.17) is 14.2 Å². The van der Waals surface area contributed by atoms with Gasteiger partial charge < -0.3 is 19.5 Å². The topological polar surface area (TPSA) is 117 Å². The number of imide groups is 1. The third-order valence-electron chi connectivity index (χ3n) is 5.34. The van der Waals surface area contributed by atoms with Crippen molar-refractivity contribution in [1.82, 2.24) is 25.4 Å². The number of benzene rings is 1. The molecule has 0 unspecified atom stereocenters. The van der Waals surface area contributed by atoms with E-state index in [-0.39, 0.29) is 11.8 Å². The molecule has 3 rings (SSSR count). The molecule has 1 aromatic carbocycles. The van der Waals surface area contributed by atoms with Crippen molar-refractivity contribution in [2.45, 2.75) is 43.3 Å². The first-order chi connectivity index (χ1) is 15.5. The van der Waals surface area contributed by atoms with Gasteiger partial charge in [0.1, 0.15) is 0 Å². The molecule has 32 heavy (non-hydrogen) atoms. The van der Waals surface area contributed by atoms with Gasteiger partial charge in [0.2, 0.25) is 11.7 Å². The summed E-state index contributed by atoms with van der Waals surface area (Å²) in [6.07, 6.45) is 5.47. The molecule has 0 atom stereocenters. The minimum atomic E-state index is -0.539. The summed E-state index contributed by atoms with van der Waals surface area (Å²) in [5.74, 6) is 1.88. The number of nitrogens with zero attached hydrogens (tertiary/aromatic N) is 3. The molecule has 0 saturated heterocycles. The molecule has 0 bridgehead atoms. The number of amides is 3. The van der Waals surface area contributed by atoms with Crippen molar-refractivity contribution in [3.8, 4) is 28.6 Å². The third-order valence-corrected chi connectivity index (χ3v) is 6.28. The van der Waals surface area contributed by atoms with E-state index in [1.165, 1.54) is 25.2 Å². The predicted octanol–water partition coefficient (Wildman–Crippen LogP) is 3.02. The fourth-order valence-electron chi connectivity index (χ4n) is 3.81. The standard InChI is InChI=1S/C21H29N5O5S/c1-22-20(28)23-17(27)12-32-21-25-24-19(26(21)14-8-6-5-7-9-14)13-10-15(29-2)18(31-4)16(11-13)30-3/h10-11,14H,5-9,12H2,1-4H3,(H2,22,23,27,28). The van der Waals surface area contributed by atoms with Crippen molar-refractivity contribution in [2.24, 2.45) is 0 Å². The van der Waals surface area contributed by atoms with Gasteiger partial charge >= 0.3 is 6.03 Å². The van der Waals surface area contributed by atoms with Gasteiger partial charge in [0.05, 0.1) is 27.1 Å². The number of carbonyl (C=O) groups excluding carboxylic acids is 2. The molecule has 1 aliphatic carbocycles. The van der Waals surface area contributed by atoms with Crippen molar-refractivity contribution in [1.29, 1.82) is 0 Å². The summed E-state index contributed by atoms with van der Waals surface area (Å²) in [5, 5.41) is 14.1. The minimum absolute atomic E-state index is 0.0491. The van der Waals surface area contributed by atoms with Crippen LogP contribution < -0.4 is 24.8 Å². The van der Waals surface area contributed by atoms with E-state index < -0.39 is 11.9 Å². The summed E-state index contributed by atoms with van der Waals surface area (Å²) in [6, 6.07) is 3.37. The number of aromatic nitrogens is 3. The van der Waals surface area contributed by atoms with Gasteiger partial charge in [-0.1, -0.05) is 31.0 Å². The second kappa shape index (κ2) is 11.1. The number of methoxy groups -OCH3 is 3. The summed E-state index contributed by atoms with van der Waals surface area (Å²) in [7, 11) is 6.15. The van der Waals surface area contributed by atoms with Gasteiger partial charge in [-0.3, -0.25) is 14.7 Å². The van der Waals surface area contributed by atoms with E-state index in [9.17, 15) is 9.59 Å². The van der Waals surface area contributed by atoms with Crippen LogP contribution in [0.25, 0.3) is 11.4 Å². The summed E-state index contributed by atoms with van der Waals surface area (Å²) in [4.78, 5) is 23.5. The first-order valence-electron chi connectivity index (χ1n) is 10.4. The summed E-state index contributed by atoms with van der Waals surface area (Å²) in [6.45, 7) is 0. The number of rotatable bonds is 8. The Bertz CT molecular complexity index is 933. The third kappa shape index (κ3) is 5.26. The van der Waals surface area contributed by atoms with Crippen molar-refractivity contribution in [3.05, 3.63) is 12.1 Å². The normalized spacial score (nSPS) is 14.0. The Labute approximate surface area is 191 Å². The number of hydrogen-bond acceptors (Lipinski definition) is 8. The van der Waals surface area contributed by atoms with Crippen molar-refractivity contribution < 1.29 is 23.8 Å². The molecular formula is C21H29N5O5S. The largest absolute Gasteiger partial charge is 0.493 e. The molecule has 1 saturated carbocycles. The summed E-state index contributed by atoms with van der Waals surface area (Å²) < 4.78 is 18.5. The zero-order valence-electron chi connectivity index (χ0n) is 18.8. The molecule has 3 amide bonds. The molecule has 10 nitrogen and oxygen atoms in total. The van der Waals surface area contributed by atoms with Crippen LogP contribution in [0.15, 0.2) is 17.3 Å². The molecule has 11 heteroatoms. The summed E-state index contributed by atoms with van der Waals surface area (Å²) >= 11 is 1.25. The number of hydrogen-bond donors (Lipinski definition) is 2. The molecule has 1 aliphatic rings. The predicted molar refractivity (Wildman–Crippen MR) is 121 cm³/mol. The zero-order valence-corrected chi connectivity index (χ0v) is 19.6. The fraction of sp³-hybridized carbons (Fsp3) is 0.524. The van der Waals surface area contributed by atoms with Crippen LogP contribution in [0.5, 0.6) is 17.2 Å². The average Bonchev–Trinajstić information content (AvgIpc) is 3.26. The average molecular weight is 464 g/mol. The van der Waals surface area contributed by atoms with E-state index in [0.29, 0.717) is 28.2 Å². The molecule has 0 aliphatic heterocycles. The number of thioether (sulfide) groups is 1.